The van der Waals surface area contributed by atoms with Crippen molar-refractivity contribution in [1.82, 2.24) is 9.97 Å². The molecule has 0 spiro atoms. The molecule has 2 rings (SSSR count). The third kappa shape index (κ3) is 1.97. The maximum Gasteiger partial charge on any atom is 0.146 e. The Morgan fingerprint density at radius 2 is 2.31 bits per heavy atom. The van der Waals surface area contributed by atoms with E-state index >= 15 is 0 Å². The Labute approximate surface area is 78.8 Å². The molecule has 0 saturated heterocycles. The Balaban J connectivity index is 1.92. The average Bonchev–Trinajstić information content (AvgIpc) is 2.12. The molecule has 0 radical (unpaired) electrons. The lowest BCUT2D eigenvalue weighted by molar-refractivity contribution is 0.321. The number of anilines is 1. The summed E-state index contributed by atoms with van der Waals surface area (Å²) in [6.07, 6.45) is 9.43. The highest BCUT2D eigenvalue weighted by Gasteiger charge is 2.19. The standard InChI is InChI=1S/C10H15N3/c1-13(8-9-3-2-4-9)10-7-11-5-6-12-10/h5-7,9H,2-4,8H2,1H3. The number of nitrogens with zero attached hydrogens (tertiary/aromatic N) is 3. The Kier molecular flexibility index (Phi) is 2.43. The number of rotatable bonds is 3. The Bertz CT molecular complexity index is 256. The zero-order valence-electron chi connectivity index (χ0n) is 7.98. The second-order valence-corrected chi connectivity index (χ2v) is 3.74. The first-order valence-corrected chi connectivity index (χ1v) is 4.83. The third-order valence-electron chi connectivity index (χ3n) is 2.70. The minimum Gasteiger partial charge on any atom is -0.358 e. The molecule has 3 nitrogen and oxygen atoms in total. The molecule has 0 atom stereocenters. The van der Waals surface area contributed by atoms with E-state index in [1.54, 1.807) is 12.4 Å². The quantitative estimate of drug-likeness (QED) is 0.703. The van der Waals surface area contributed by atoms with Gasteiger partial charge in [-0.1, -0.05) is 6.42 Å². The monoisotopic (exact) mass is 177 g/mol. The van der Waals surface area contributed by atoms with Crippen molar-refractivity contribution in [2.45, 2.75) is 19.3 Å². The van der Waals surface area contributed by atoms with E-state index in [0.29, 0.717) is 0 Å². The minimum absolute atomic E-state index is 0.881. The molecule has 3 heteroatoms. The zero-order valence-corrected chi connectivity index (χ0v) is 7.98. The van der Waals surface area contributed by atoms with Crippen molar-refractivity contribution in [3.63, 3.8) is 0 Å². The molecular formula is C10H15N3. The van der Waals surface area contributed by atoms with Gasteiger partial charge in [0.25, 0.3) is 0 Å². The van der Waals surface area contributed by atoms with Crippen LogP contribution in [0.25, 0.3) is 0 Å². The van der Waals surface area contributed by atoms with Crippen molar-refractivity contribution in [3.05, 3.63) is 18.6 Å². The van der Waals surface area contributed by atoms with Crippen LogP contribution in [-0.2, 0) is 0 Å². The van der Waals surface area contributed by atoms with Gasteiger partial charge in [-0.25, -0.2) is 4.98 Å². The molecule has 1 aliphatic rings. The lowest BCUT2D eigenvalue weighted by atomic mass is 9.85. The van der Waals surface area contributed by atoms with E-state index in [1.165, 1.54) is 19.3 Å². The average molecular weight is 177 g/mol. The molecule has 1 heterocycles. The Morgan fingerprint density at radius 3 is 2.85 bits per heavy atom. The van der Waals surface area contributed by atoms with Crippen LogP contribution in [-0.4, -0.2) is 23.6 Å². The highest BCUT2D eigenvalue weighted by molar-refractivity contribution is 5.33. The van der Waals surface area contributed by atoms with Crippen LogP contribution in [0.15, 0.2) is 18.6 Å². The summed E-state index contributed by atoms with van der Waals surface area (Å²) >= 11 is 0. The molecule has 0 unspecified atom stereocenters. The summed E-state index contributed by atoms with van der Waals surface area (Å²) in [6, 6.07) is 0. The molecule has 1 aromatic heterocycles. The summed E-state index contributed by atoms with van der Waals surface area (Å²) in [5.74, 6) is 1.86. The molecule has 0 aliphatic heterocycles. The molecule has 13 heavy (non-hydrogen) atoms. The van der Waals surface area contributed by atoms with Gasteiger partial charge in [-0.3, -0.25) is 4.98 Å². The smallest absolute Gasteiger partial charge is 0.146 e. The molecule has 0 N–H and O–H groups in total. The molecule has 70 valence electrons. The highest BCUT2D eigenvalue weighted by atomic mass is 15.2. The van der Waals surface area contributed by atoms with Crippen LogP contribution < -0.4 is 4.90 Å². The van der Waals surface area contributed by atoms with Crippen LogP contribution in [0.2, 0.25) is 0 Å². The summed E-state index contributed by atoms with van der Waals surface area (Å²) in [5, 5.41) is 0. The van der Waals surface area contributed by atoms with Crippen molar-refractivity contribution in [1.29, 1.82) is 0 Å². The number of aromatic nitrogens is 2. The van der Waals surface area contributed by atoms with Gasteiger partial charge in [0.15, 0.2) is 0 Å². The van der Waals surface area contributed by atoms with E-state index in [0.717, 1.165) is 18.3 Å². The third-order valence-corrected chi connectivity index (χ3v) is 2.70. The number of hydrogen-bond donors (Lipinski definition) is 0. The van der Waals surface area contributed by atoms with Crippen molar-refractivity contribution in [2.24, 2.45) is 5.92 Å². The first-order chi connectivity index (χ1) is 6.36. The molecule has 0 amide bonds. The van der Waals surface area contributed by atoms with Crippen molar-refractivity contribution in [3.8, 4) is 0 Å². The summed E-state index contributed by atoms with van der Waals surface area (Å²) in [6.45, 7) is 1.12. The molecule has 1 fully saturated rings. The van der Waals surface area contributed by atoms with E-state index in [4.69, 9.17) is 0 Å². The van der Waals surface area contributed by atoms with Crippen molar-refractivity contribution in [2.75, 3.05) is 18.5 Å². The molecule has 1 aromatic rings. The maximum atomic E-state index is 4.25. The van der Waals surface area contributed by atoms with E-state index in [2.05, 4.69) is 21.9 Å². The second-order valence-electron chi connectivity index (χ2n) is 3.74. The van der Waals surface area contributed by atoms with E-state index in [9.17, 15) is 0 Å². The van der Waals surface area contributed by atoms with Gasteiger partial charge >= 0.3 is 0 Å². The fraction of sp³-hybridized carbons (Fsp3) is 0.600. The van der Waals surface area contributed by atoms with Crippen LogP contribution in [0, 0.1) is 5.92 Å². The van der Waals surface area contributed by atoms with Gasteiger partial charge in [-0.05, 0) is 18.8 Å². The fourth-order valence-corrected chi connectivity index (χ4v) is 1.64. The predicted octanol–water partition coefficient (Wildman–Crippen LogP) is 1.71. The highest BCUT2D eigenvalue weighted by Crippen LogP contribution is 2.27. The van der Waals surface area contributed by atoms with Crippen LogP contribution in [0.4, 0.5) is 5.82 Å². The normalized spacial score (nSPS) is 16.7. The van der Waals surface area contributed by atoms with Gasteiger partial charge in [-0.2, -0.15) is 0 Å². The van der Waals surface area contributed by atoms with Gasteiger partial charge in [0, 0.05) is 26.0 Å². The summed E-state index contributed by atoms with van der Waals surface area (Å²) < 4.78 is 0. The lowest BCUT2D eigenvalue weighted by Gasteiger charge is -2.30. The van der Waals surface area contributed by atoms with Crippen LogP contribution in [0.3, 0.4) is 0 Å². The molecular weight excluding hydrogens is 162 g/mol. The van der Waals surface area contributed by atoms with Gasteiger partial charge in [0.2, 0.25) is 0 Å². The van der Waals surface area contributed by atoms with E-state index < -0.39 is 0 Å². The molecule has 0 aromatic carbocycles. The fourth-order valence-electron chi connectivity index (χ4n) is 1.64. The van der Waals surface area contributed by atoms with Crippen molar-refractivity contribution >= 4 is 5.82 Å². The van der Waals surface area contributed by atoms with Crippen LogP contribution in [0.5, 0.6) is 0 Å². The van der Waals surface area contributed by atoms with E-state index in [-0.39, 0.29) is 0 Å². The van der Waals surface area contributed by atoms with Gasteiger partial charge in [0.05, 0.1) is 6.20 Å². The maximum absolute atomic E-state index is 4.25. The number of hydrogen-bond acceptors (Lipinski definition) is 3. The Morgan fingerprint density at radius 1 is 1.46 bits per heavy atom. The largest absolute Gasteiger partial charge is 0.358 e. The van der Waals surface area contributed by atoms with Crippen LogP contribution in [0.1, 0.15) is 19.3 Å². The summed E-state index contributed by atoms with van der Waals surface area (Å²) in [4.78, 5) is 10.5. The first kappa shape index (κ1) is 8.48. The van der Waals surface area contributed by atoms with Gasteiger partial charge < -0.3 is 4.90 Å². The second kappa shape index (κ2) is 3.73. The zero-order chi connectivity index (χ0) is 9.10. The summed E-state index contributed by atoms with van der Waals surface area (Å²) in [7, 11) is 2.09. The van der Waals surface area contributed by atoms with Crippen LogP contribution >= 0.6 is 0 Å². The Hall–Kier alpha value is -1.12. The lowest BCUT2D eigenvalue weighted by Crippen LogP contribution is -2.29. The SMILES string of the molecule is CN(CC1CCC1)c1cnccn1. The molecule has 0 bridgehead atoms. The van der Waals surface area contributed by atoms with Crippen molar-refractivity contribution < 1.29 is 0 Å². The topological polar surface area (TPSA) is 29.0 Å². The molecule has 1 aliphatic carbocycles. The minimum atomic E-state index is 0.881. The van der Waals surface area contributed by atoms with Gasteiger partial charge in [-0.15, -0.1) is 0 Å². The first-order valence-electron chi connectivity index (χ1n) is 4.83. The molecule has 1 saturated carbocycles. The van der Waals surface area contributed by atoms with Gasteiger partial charge in [0.1, 0.15) is 5.82 Å². The summed E-state index contributed by atoms with van der Waals surface area (Å²) in [5.41, 5.74) is 0. The van der Waals surface area contributed by atoms with E-state index in [1.807, 2.05) is 6.20 Å². The predicted molar refractivity (Wildman–Crippen MR) is 52.6 cm³/mol.